The zero-order valence-electron chi connectivity index (χ0n) is 14.0. The van der Waals surface area contributed by atoms with Gasteiger partial charge in [-0.25, -0.2) is 19.6 Å². The average molecular weight is 370 g/mol. The minimum atomic E-state index is -0.688. The van der Waals surface area contributed by atoms with Gasteiger partial charge in [-0.2, -0.15) is 0 Å². The lowest BCUT2D eigenvalue weighted by Gasteiger charge is -2.38. The van der Waals surface area contributed by atoms with Crippen LogP contribution in [0.2, 0.25) is 0 Å². The van der Waals surface area contributed by atoms with E-state index in [0.29, 0.717) is 0 Å². The highest BCUT2D eigenvalue weighted by molar-refractivity contribution is 5.76. The quantitative estimate of drug-likeness (QED) is 0.470. The molecule has 10 heteroatoms. The van der Waals surface area contributed by atoms with Gasteiger partial charge in [0, 0.05) is 23.7 Å². The topological polar surface area (TPSA) is 108 Å². The van der Waals surface area contributed by atoms with Crippen molar-refractivity contribution in [1.29, 1.82) is 0 Å². The van der Waals surface area contributed by atoms with Gasteiger partial charge in [-0.15, -0.1) is 0 Å². The molecule has 4 bridgehead atoms. The summed E-state index contributed by atoms with van der Waals surface area (Å²) >= 11 is 0. The fourth-order valence-corrected chi connectivity index (χ4v) is 6.51. The van der Waals surface area contributed by atoms with Gasteiger partial charge in [0.2, 0.25) is 0 Å². The molecule has 4 heterocycles. The Bertz CT molecular complexity index is 575. The zero-order valence-corrected chi connectivity index (χ0v) is 14.0. The summed E-state index contributed by atoms with van der Waals surface area (Å²) in [5.74, 6) is -3.21. The van der Waals surface area contributed by atoms with Crippen molar-refractivity contribution in [3.63, 3.8) is 0 Å². The molecule has 6 aliphatic rings. The van der Waals surface area contributed by atoms with E-state index in [9.17, 15) is 9.59 Å². The second kappa shape index (κ2) is 5.15. The molecular weight excluding hydrogens is 352 g/mol. The molecule has 0 aromatic heterocycles. The van der Waals surface area contributed by atoms with Gasteiger partial charge in [-0.1, -0.05) is 0 Å². The van der Waals surface area contributed by atoms with E-state index in [4.69, 9.17) is 38.5 Å². The summed E-state index contributed by atoms with van der Waals surface area (Å²) in [4.78, 5) is 46.8. The fraction of sp³-hybridized carbons (Fsp3) is 0.875. The second-order valence-electron chi connectivity index (χ2n) is 7.69. The molecule has 4 unspecified atom stereocenters. The van der Waals surface area contributed by atoms with Crippen LogP contribution in [0.15, 0.2) is 0 Å². The summed E-state index contributed by atoms with van der Waals surface area (Å²) in [6.45, 7) is 0. The summed E-state index contributed by atoms with van der Waals surface area (Å²) in [7, 11) is 2.69. The van der Waals surface area contributed by atoms with E-state index < -0.39 is 37.0 Å². The number of carbonyl (C=O) groups excluding carboxylic acids is 2. The SMILES string of the molecule is COC(=O)C1[C@@H]2C3C4[C@@H](C(C(=O)OC)[C@@H]3[C@H]3OO[C@@H]2O3)[C@@H]2OO[C@@H](O2)[C@@H]14. The van der Waals surface area contributed by atoms with Crippen LogP contribution in [0.5, 0.6) is 0 Å². The summed E-state index contributed by atoms with van der Waals surface area (Å²) in [5.41, 5.74) is 0. The first-order chi connectivity index (χ1) is 12.7. The van der Waals surface area contributed by atoms with Crippen LogP contribution in [0, 0.1) is 47.3 Å². The van der Waals surface area contributed by atoms with E-state index in [1.165, 1.54) is 14.2 Å². The van der Waals surface area contributed by atoms with E-state index in [1.807, 2.05) is 0 Å². The van der Waals surface area contributed by atoms with Crippen LogP contribution >= 0.6 is 0 Å². The molecule has 10 nitrogen and oxygen atoms in total. The third kappa shape index (κ3) is 1.64. The predicted molar refractivity (Wildman–Crippen MR) is 73.6 cm³/mol. The summed E-state index contributed by atoms with van der Waals surface area (Å²) in [5, 5.41) is 0. The van der Waals surface area contributed by atoms with Crippen molar-refractivity contribution in [2.75, 3.05) is 14.2 Å². The van der Waals surface area contributed by atoms with E-state index in [-0.39, 0.29) is 47.4 Å². The van der Waals surface area contributed by atoms with Crippen molar-refractivity contribution in [1.82, 2.24) is 0 Å². The second-order valence-corrected chi connectivity index (χ2v) is 7.69. The molecule has 2 saturated carbocycles. The fourth-order valence-electron chi connectivity index (χ4n) is 6.51. The lowest BCUT2D eigenvalue weighted by Crippen LogP contribution is -2.50. The molecule has 0 spiro atoms. The molecule has 6 fully saturated rings. The first kappa shape index (κ1) is 15.7. The van der Waals surface area contributed by atoms with Gasteiger partial charge in [0.05, 0.1) is 26.1 Å². The van der Waals surface area contributed by atoms with Crippen LogP contribution < -0.4 is 0 Å². The van der Waals surface area contributed by atoms with Gasteiger partial charge in [0.25, 0.3) is 0 Å². The Labute approximate surface area is 147 Å². The molecule has 12 atom stereocenters. The summed E-state index contributed by atoms with van der Waals surface area (Å²) in [6.07, 6.45) is -2.75. The Balaban J connectivity index is 1.52. The normalized spacial score (nSPS) is 57.8. The molecule has 4 aliphatic heterocycles. The van der Waals surface area contributed by atoms with Gasteiger partial charge >= 0.3 is 11.9 Å². The van der Waals surface area contributed by atoms with Crippen LogP contribution in [-0.4, -0.2) is 51.3 Å². The van der Waals surface area contributed by atoms with Crippen LogP contribution in [0.25, 0.3) is 0 Å². The molecular formula is C16H18O10. The molecule has 2 aliphatic carbocycles. The third-order valence-electron chi connectivity index (χ3n) is 7.11. The van der Waals surface area contributed by atoms with E-state index in [1.54, 1.807) is 0 Å². The average Bonchev–Trinajstić information content (AvgIpc) is 3.40. The smallest absolute Gasteiger partial charge is 0.309 e. The largest absolute Gasteiger partial charge is 0.469 e. The van der Waals surface area contributed by atoms with E-state index in [2.05, 4.69) is 0 Å². The molecule has 6 rings (SSSR count). The molecule has 0 aromatic rings. The van der Waals surface area contributed by atoms with Crippen LogP contribution in [0.3, 0.4) is 0 Å². The number of carbonyl (C=O) groups is 2. The van der Waals surface area contributed by atoms with Crippen LogP contribution in [-0.2, 0) is 48.1 Å². The number of hydrogen-bond acceptors (Lipinski definition) is 10. The Morgan fingerprint density at radius 3 is 1.15 bits per heavy atom. The van der Waals surface area contributed by atoms with Crippen molar-refractivity contribution >= 4 is 11.9 Å². The molecule has 0 radical (unpaired) electrons. The molecule has 0 amide bonds. The molecule has 0 N–H and O–H groups in total. The number of methoxy groups -OCH3 is 2. The van der Waals surface area contributed by atoms with Crippen molar-refractivity contribution in [2.24, 2.45) is 47.3 Å². The highest BCUT2D eigenvalue weighted by Gasteiger charge is 2.79. The zero-order chi connectivity index (χ0) is 17.7. The maximum atomic E-state index is 12.6. The maximum absolute atomic E-state index is 12.6. The number of fused-ring (bicyclic) bond motifs is 8. The third-order valence-corrected chi connectivity index (χ3v) is 7.11. The van der Waals surface area contributed by atoms with Crippen molar-refractivity contribution < 1.29 is 48.1 Å². The monoisotopic (exact) mass is 370 g/mol. The lowest BCUT2D eigenvalue weighted by molar-refractivity contribution is -0.311. The lowest BCUT2D eigenvalue weighted by atomic mass is 9.73. The molecule has 0 aromatic carbocycles. The minimum Gasteiger partial charge on any atom is -0.469 e. The van der Waals surface area contributed by atoms with Crippen molar-refractivity contribution in [3.8, 4) is 0 Å². The van der Waals surface area contributed by atoms with E-state index >= 15 is 0 Å². The highest BCUT2D eigenvalue weighted by atomic mass is 17.3. The standard InChI is InChI=1S/C16H18O10/c1-19-11(17)5-7-3-4-8(5)14-22-16(26-24-14)10(4)6(12(18)20-2)9(3)15-21-13(7)23-25-15/h3-10,13-16H,1-2H3/t3?,4?,5?,6?,7-,8+,9+,10-,13-,14+,15+,16-. The van der Waals surface area contributed by atoms with Gasteiger partial charge in [0.15, 0.2) is 25.2 Å². The predicted octanol–water partition coefficient (Wildman–Crippen LogP) is -0.422. The van der Waals surface area contributed by atoms with Gasteiger partial charge in [0.1, 0.15) is 0 Å². The van der Waals surface area contributed by atoms with Gasteiger partial charge in [-0.3, -0.25) is 9.59 Å². The number of rotatable bonds is 2. The Kier molecular flexibility index (Phi) is 3.11. The number of hydrogen-bond donors (Lipinski definition) is 0. The minimum absolute atomic E-state index is 0.0383. The Morgan fingerprint density at radius 2 is 0.885 bits per heavy atom. The molecule has 4 saturated heterocycles. The summed E-state index contributed by atoms with van der Waals surface area (Å²) in [6, 6.07) is 0. The van der Waals surface area contributed by atoms with Crippen molar-refractivity contribution in [3.05, 3.63) is 0 Å². The Morgan fingerprint density at radius 1 is 0.577 bits per heavy atom. The number of ether oxygens (including phenoxy) is 4. The first-order valence-corrected chi connectivity index (χ1v) is 8.76. The summed E-state index contributed by atoms with van der Waals surface area (Å²) < 4.78 is 21.8. The first-order valence-electron chi connectivity index (χ1n) is 8.76. The van der Waals surface area contributed by atoms with Crippen LogP contribution in [0.4, 0.5) is 0 Å². The van der Waals surface area contributed by atoms with Gasteiger partial charge in [-0.05, 0) is 11.8 Å². The van der Waals surface area contributed by atoms with E-state index in [0.717, 1.165) is 0 Å². The Hall–Kier alpha value is -1.30. The highest BCUT2D eigenvalue weighted by Crippen LogP contribution is 2.70. The molecule has 26 heavy (non-hydrogen) atoms. The number of esters is 2. The van der Waals surface area contributed by atoms with Crippen molar-refractivity contribution in [2.45, 2.75) is 25.2 Å². The van der Waals surface area contributed by atoms with Crippen LogP contribution in [0.1, 0.15) is 0 Å². The molecule has 142 valence electrons. The maximum Gasteiger partial charge on any atom is 0.309 e. The van der Waals surface area contributed by atoms with Gasteiger partial charge < -0.3 is 18.9 Å².